The summed E-state index contributed by atoms with van der Waals surface area (Å²) in [5.41, 5.74) is 4.12. The van der Waals surface area contributed by atoms with E-state index < -0.39 is 0 Å². The third kappa shape index (κ3) is 5.12. The normalized spacial score (nSPS) is 13.2. The average Bonchev–Trinajstić information content (AvgIpc) is 3.29. The fourth-order valence-corrected chi connectivity index (χ4v) is 3.86. The third-order valence-electron chi connectivity index (χ3n) is 5.58. The summed E-state index contributed by atoms with van der Waals surface area (Å²) in [6, 6.07) is 13.1. The maximum Gasteiger partial charge on any atom is 0.323 e. The lowest BCUT2D eigenvalue weighted by molar-refractivity contribution is 0.0773. The topological polar surface area (TPSA) is 64.7 Å². The van der Waals surface area contributed by atoms with E-state index in [0.29, 0.717) is 24.3 Å². The van der Waals surface area contributed by atoms with Crippen molar-refractivity contribution in [3.05, 3.63) is 53.6 Å². The lowest BCUT2D eigenvalue weighted by atomic mass is 10.1. The van der Waals surface area contributed by atoms with Crippen molar-refractivity contribution < 1.29 is 9.59 Å². The second kappa shape index (κ2) is 10.1. The number of aryl methyl sites for hydroxylation is 1. The van der Waals surface area contributed by atoms with Crippen molar-refractivity contribution in [3.8, 4) is 0 Å². The minimum absolute atomic E-state index is 0.00149. The molecule has 0 unspecified atom stereocenters. The highest BCUT2D eigenvalue weighted by molar-refractivity contribution is 6.04. The van der Waals surface area contributed by atoms with E-state index >= 15 is 0 Å². The van der Waals surface area contributed by atoms with Gasteiger partial charge < -0.3 is 20.4 Å². The minimum atomic E-state index is -0.321. The van der Waals surface area contributed by atoms with E-state index in [1.54, 1.807) is 6.07 Å². The van der Waals surface area contributed by atoms with Crippen LogP contribution in [0.5, 0.6) is 0 Å². The molecule has 2 N–H and O–H groups in total. The van der Waals surface area contributed by atoms with Crippen LogP contribution in [0.4, 0.5) is 21.9 Å². The summed E-state index contributed by atoms with van der Waals surface area (Å²) in [5.74, 6) is 0.00149. The molecule has 6 nitrogen and oxygen atoms in total. The zero-order chi connectivity index (χ0) is 21.5. The predicted octanol–water partition coefficient (Wildman–Crippen LogP) is 4.98. The zero-order valence-electron chi connectivity index (χ0n) is 18.2. The molecule has 1 aliphatic rings. The summed E-state index contributed by atoms with van der Waals surface area (Å²) in [6.07, 6.45) is 3.18. The monoisotopic (exact) mass is 408 g/mol. The molecule has 2 aromatic rings. The van der Waals surface area contributed by atoms with Crippen LogP contribution in [0.3, 0.4) is 0 Å². The third-order valence-corrected chi connectivity index (χ3v) is 5.58. The fourth-order valence-electron chi connectivity index (χ4n) is 3.86. The number of nitrogens with zero attached hydrogens (tertiary/aromatic N) is 2. The van der Waals surface area contributed by atoms with Crippen molar-refractivity contribution in [2.24, 2.45) is 0 Å². The van der Waals surface area contributed by atoms with E-state index in [4.69, 9.17) is 0 Å². The second-order valence-corrected chi connectivity index (χ2v) is 7.54. The molecule has 1 heterocycles. The molecular weight excluding hydrogens is 376 g/mol. The van der Waals surface area contributed by atoms with E-state index in [2.05, 4.69) is 22.5 Å². The average molecular weight is 409 g/mol. The van der Waals surface area contributed by atoms with Gasteiger partial charge in [-0.2, -0.15) is 0 Å². The molecule has 160 valence electrons. The summed E-state index contributed by atoms with van der Waals surface area (Å²) >= 11 is 0. The highest BCUT2D eigenvalue weighted by Crippen LogP contribution is 2.29. The quantitative estimate of drug-likeness (QED) is 0.679. The van der Waals surface area contributed by atoms with Crippen LogP contribution in [0.25, 0.3) is 0 Å². The molecule has 1 fully saturated rings. The minimum Gasteiger partial charge on any atom is -0.371 e. The zero-order valence-corrected chi connectivity index (χ0v) is 18.2. The molecule has 0 bridgehead atoms. The predicted molar refractivity (Wildman–Crippen MR) is 124 cm³/mol. The Bertz CT molecular complexity index is 887. The van der Waals surface area contributed by atoms with E-state index in [-0.39, 0.29) is 11.9 Å². The number of nitrogens with one attached hydrogen (secondary N) is 2. The van der Waals surface area contributed by atoms with Crippen molar-refractivity contribution in [2.45, 2.75) is 40.0 Å². The first kappa shape index (κ1) is 21.7. The smallest absolute Gasteiger partial charge is 0.323 e. The second-order valence-electron chi connectivity index (χ2n) is 7.54. The van der Waals surface area contributed by atoms with Gasteiger partial charge in [-0.1, -0.05) is 19.1 Å². The summed E-state index contributed by atoms with van der Waals surface area (Å²) < 4.78 is 0. The van der Waals surface area contributed by atoms with E-state index in [0.717, 1.165) is 49.3 Å². The first-order valence-corrected chi connectivity index (χ1v) is 10.9. The lowest BCUT2D eigenvalue weighted by Crippen LogP contribution is -2.32. The van der Waals surface area contributed by atoms with Crippen LogP contribution in [-0.2, 0) is 6.42 Å². The molecular formula is C24H32N4O2. The van der Waals surface area contributed by atoms with Gasteiger partial charge in [-0.25, -0.2) is 4.79 Å². The molecule has 0 saturated carbocycles. The maximum absolute atomic E-state index is 13.2. The highest BCUT2D eigenvalue weighted by atomic mass is 16.2. The summed E-state index contributed by atoms with van der Waals surface area (Å²) in [7, 11) is 0. The van der Waals surface area contributed by atoms with Crippen LogP contribution in [0.15, 0.2) is 42.5 Å². The van der Waals surface area contributed by atoms with E-state index in [1.165, 1.54) is 0 Å². The van der Waals surface area contributed by atoms with Crippen LogP contribution in [0.2, 0.25) is 0 Å². The summed E-state index contributed by atoms with van der Waals surface area (Å²) in [5, 5.41) is 5.75. The number of rotatable bonds is 7. The Hall–Kier alpha value is -3.02. The van der Waals surface area contributed by atoms with Crippen LogP contribution in [-0.4, -0.2) is 43.0 Å². The Morgan fingerprint density at radius 3 is 2.23 bits per heavy atom. The van der Waals surface area contributed by atoms with E-state index in [1.807, 2.05) is 55.1 Å². The van der Waals surface area contributed by atoms with Gasteiger partial charge in [0.15, 0.2) is 0 Å². The Labute approximate surface area is 179 Å². The Balaban J connectivity index is 1.81. The van der Waals surface area contributed by atoms with Gasteiger partial charge in [0, 0.05) is 43.2 Å². The summed E-state index contributed by atoms with van der Waals surface area (Å²) in [6.45, 7) is 9.27. The number of urea groups is 1. The maximum atomic E-state index is 13.2. The number of amides is 3. The Kier molecular flexibility index (Phi) is 7.33. The standard InChI is InChI=1S/C24H32N4O2/c1-4-18-10-9-11-19(16-18)25-24(30)26-20-12-13-22(28-14-7-8-15-28)21(17-20)23(29)27(5-2)6-3/h9-13,16-17H,4-8,14-15H2,1-3H3,(H2,25,26,30). The molecule has 0 aromatic heterocycles. The molecule has 6 heteroatoms. The molecule has 1 aliphatic heterocycles. The molecule has 0 radical (unpaired) electrons. The molecule has 3 rings (SSSR count). The van der Waals surface area contributed by atoms with Gasteiger partial charge in [-0.05, 0) is 69.0 Å². The van der Waals surface area contributed by atoms with Gasteiger partial charge in [0.05, 0.1) is 5.56 Å². The number of hydrogen-bond donors (Lipinski definition) is 2. The van der Waals surface area contributed by atoms with Gasteiger partial charge in [0.1, 0.15) is 0 Å². The highest BCUT2D eigenvalue weighted by Gasteiger charge is 2.23. The number of anilines is 3. The molecule has 0 spiro atoms. The number of hydrogen-bond acceptors (Lipinski definition) is 3. The Morgan fingerprint density at radius 2 is 1.60 bits per heavy atom. The molecule has 0 aliphatic carbocycles. The fraction of sp³-hybridized carbons (Fsp3) is 0.417. The molecule has 2 aromatic carbocycles. The van der Waals surface area contributed by atoms with Gasteiger partial charge >= 0.3 is 6.03 Å². The van der Waals surface area contributed by atoms with Gasteiger partial charge in [-0.3, -0.25) is 4.79 Å². The van der Waals surface area contributed by atoms with Crippen molar-refractivity contribution >= 4 is 29.0 Å². The summed E-state index contributed by atoms with van der Waals surface area (Å²) in [4.78, 5) is 29.8. The number of carbonyl (C=O) groups excluding carboxylic acids is 2. The first-order chi connectivity index (χ1) is 14.5. The Morgan fingerprint density at radius 1 is 0.933 bits per heavy atom. The van der Waals surface area contributed by atoms with Gasteiger partial charge in [0.25, 0.3) is 5.91 Å². The van der Waals surface area contributed by atoms with Crippen LogP contribution < -0.4 is 15.5 Å². The van der Waals surface area contributed by atoms with Crippen LogP contribution >= 0.6 is 0 Å². The number of benzene rings is 2. The molecule has 0 atom stereocenters. The van der Waals surface area contributed by atoms with Crippen molar-refractivity contribution in [3.63, 3.8) is 0 Å². The molecule has 30 heavy (non-hydrogen) atoms. The van der Waals surface area contributed by atoms with Gasteiger partial charge in [-0.15, -0.1) is 0 Å². The first-order valence-electron chi connectivity index (χ1n) is 10.9. The largest absolute Gasteiger partial charge is 0.371 e. The van der Waals surface area contributed by atoms with Crippen molar-refractivity contribution in [1.82, 2.24) is 4.90 Å². The van der Waals surface area contributed by atoms with Crippen molar-refractivity contribution in [2.75, 3.05) is 41.7 Å². The van der Waals surface area contributed by atoms with Crippen molar-refractivity contribution in [1.29, 1.82) is 0 Å². The lowest BCUT2D eigenvalue weighted by Gasteiger charge is -2.25. The molecule has 1 saturated heterocycles. The van der Waals surface area contributed by atoms with Crippen LogP contribution in [0, 0.1) is 0 Å². The SMILES string of the molecule is CCc1cccc(NC(=O)Nc2ccc(N3CCCC3)c(C(=O)N(CC)CC)c2)c1. The number of carbonyl (C=O) groups is 2. The van der Waals surface area contributed by atoms with Crippen LogP contribution in [0.1, 0.15) is 49.5 Å². The molecule has 3 amide bonds. The van der Waals surface area contributed by atoms with Gasteiger partial charge in [0.2, 0.25) is 0 Å². The van der Waals surface area contributed by atoms with E-state index in [9.17, 15) is 9.59 Å².